The van der Waals surface area contributed by atoms with E-state index in [1.807, 2.05) is 44.2 Å². The average molecular weight is 413 g/mol. The second-order valence-electron chi connectivity index (χ2n) is 6.95. The van der Waals surface area contributed by atoms with Crippen molar-refractivity contribution in [3.63, 3.8) is 0 Å². The molecule has 0 spiro atoms. The minimum absolute atomic E-state index is 0.283. The molecule has 0 fully saturated rings. The topological polar surface area (TPSA) is 81.5 Å². The van der Waals surface area contributed by atoms with Crippen LogP contribution in [0.15, 0.2) is 41.5 Å². The van der Waals surface area contributed by atoms with Gasteiger partial charge in [-0.2, -0.15) is 0 Å². The van der Waals surface area contributed by atoms with Gasteiger partial charge in [0.25, 0.3) is 11.5 Å². The van der Waals surface area contributed by atoms with Crippen LogP contribution < -0.4 is 5.56 Å². The standard InChI is InChI=1S/C21H23N3O4S/c1-13-15(3)29-19-18(13)21(27)24(12-22-19)11-17(25)28-14(2)20(26)23(4)10-16-8-6-5-7-9-16/h5-9,12,14H,10-11H2,1-4H3/t14-/m1/s1. The summed E-state index contributed by atoms with van der Waals surface area (Å²) in [5.74, 6) is -0.973. The zero-order valence-electron chi connectivity index (χ0n) is 16.8. The number of aromatic nitrogens is 2. The smallest absolute Gasteiger partial charge is 0.326 e. The molecule has 1 aromatic carbocycles. The van der Waals surface area contributed by atoms with Crippen LogP contribution >= 0.6 is 11.3 Å². The molecule has 1 atom stereocenters. The fraction of sp³-hybridized carbons (Fsp3) is 0.333. The van der Waals surface area contributed by atoms with Crippen molar-refractivity contribution in [3.8, 4) is 0 Å². The van der Waals surface area contributed by atoms with Gasteiger partial charge in [-0.05, 0) is 31.9 Å². The SMILES string of the molecule is Cc1sc2ncn(CC(=O)O[C@H](C)C(=O)N(C)Cc3ccccc3)c(=O)c2c1C. The van der Waals surface area contributed by atoms with Gasteiger partial charge in [-0.1, -0.05) is 30.3 Å². The summed E-state index contributed by atoms with van der Waals surface area (Å²) in [6.45, 7) is 5.44. The number of rotatable bonds is 6. The number of carbonyl (C=O) groups is 2. The third-order valence-electron chi connectivity index (χ3n) is 4.75. The summed E-state index contributed by atoms with van der Waals surface area (Å²) >= 11 is 1.45. The van der Waals surface area contributed by atoms with Crippen molar-refractivity contribution in [1.82, 2.24) is 14.5 Å². The summed E-state index contributed by atoms with van der Waals surface area (Å²) in [6.07, 6.45) is 0.392. The normalized spacial score (nSPS) is 12.0. The highest BCUT2D eigenvalue weighted by atomic mass is 32.1. The summed E-state index contributed by atoms with van der Waals surface area (Å²) in [7, 11) is 1.66. The monoisotopic (exact) mass is 413 g/mol. The van der Waals surface area contributed by atoms with Crippen molar-refractivity contribution in [2.24, 2.45) is 0 Å². The molecule has 3 aromatic rings. The highest BCUT2D eigenvalue weighted by Crippen LogP contribution is 2.25. The van der Waals surface area contributed by atoms with Gasteiger partial charge in [0.1, 0.15) is 11.4 Å². The second-order valence-corrected chi connectivity index (χ2v) is 8.16. The lowest BCUT2D eigenvalue weighted by atomic mass is 10.2. The van der Waals surface area contributed by atoms with Crippen LogP contribution in [-0.2, 0) is 27.4 Å². The van der Waals surface area contributed by atoms with Crippen LogP contribution in [0.4, 0.5) is 0 Å². The van der Waals surface area contributed by atoms with Crippen molar-refractivity contribution in [1.29, 1.82) is 0 Å². The Bertz CT molecular complexity index is 1100. The van der Waals surface area contributed by atoms with Gasteiger partial charge < -0.3 is 9.64 Å². The number of ether oxygens (including phenoxy) is 1. The van der Waals surface area contributed by atoms with E-state index in [2.05, 4.69) is 4.98 Å². The second kappa shape index (κ2) is 8.57. The number of fused-ring (bicyclic) bond motifs is 1. The van der Waals surface area contributed by atoms with Crippen LogP contribution in [0, 0.1) is 13.8 Å². The molecule has 0 aliphatic rings. The first-order valence-electron chi connectivity index (χ1n) is 9.21. The van der Waals surface area contributed by atoms with Crippen LogP contribution in [-0.4, -0.2) is 39.5 Å². The molecule has 0 aliphatic carbocycles. The molecular formula is C21H23N3O4S. The lowest BCUT2D eigenvalue weighted by Gasteiger charge is -2.21. The lowest BCUT2D eigenvalue weighted by Crippen LogP contribution is -2.38. The molecule has 0 N–H and O–H groups in total. The molecule has 2 aromatic heterocycles. The van der Waals surface area contributed by atoms with Gasteiger partial charge in [-0.3, -0.25) is 19.0 Å². The van der Waals surface area contributed by atoms with Crippen LogP contribution in [0.5, 0.6) is 0 Å². The van der Waals surface area contributed by atoms with E-state index in [1.54, 1.807) is 7.05 Å². The maximum atomic E-state index is 12.7. The Balaban J connectivity index is 1.65. The maximum absolute atomic E-state index is 12.7. The predicted octanol–water partition coefficient (Wildman–Crippen LogP) is 2.67. The lowest BCUT2D eigenvalue weighted by molar-refractivity contribution is -0.159. The number of esters is 1. The number of carbonyl (C=O) groups excluding carboxylic acids is 2. The van der Waals surface area contributed by atoms with Gasteiger partial charge >= 0.3 is 5.97 Å². The number of aryl methyl sites for hydroxylation is 2. The summed E-state index contributed by atoms with van der Waals surface area (Å²) < 4.78 is 6.48. The summed E-state index contributed by atoms with van der Waals surface area (Å²) in [5.41, 5.74) is 1.57. The number of likely N-dealkylation sites (N-methyl/N-ethyl adjacent to an activating group) is 1. The first-order valence-corrected chi connectivity index (χ1v) is 10.0. The van der Waals surface area contributed by atoms with Crippen LogP contribution in [0.3, 0.4) is 0 Å². The van der Waals surface area contributed by atoms with Gasteiger partial charge in [0.2, 0.25) is 0 Å². The zero-order chi connectivity index (χ0) is 21.1. The molecule has 0 saturated heterocycles. The molecule has 8 heteroatoms. The van der Waals surface area contributed by atoms with E-state index >= 15 is 0 Å². The van der Waals surface area contributed by atoms with Gasteiger partial charge in [-0.15, -0.1) is 11.3 Å². The predicted molar refractivity (Wildman–Crippen MR) is 112 cm³/mol. The first-order chi connectivity index (χ1) is 13.8. The fourth-order valence-electron chi connectivity index (χ4n) is 3.05. The zero-order valence-corrected chi connectivity index (χ0v) is 17.7. The maximum Gasteiger partial charge on any atom is 0.326 e. The molecule has 0 saturated carbocycles. The Morgan fingerprint density at radius 2 is 1.93 bits per heavy atom. The average Bonchev–Trinajstić information content (AvgIpc) is 2.98. The molecule has 0 aliphatic heterocycles. The molecule has 7 nitrogen and oxygen atoms in total. The number of hydrogen-bond donors (Lipinski definition) is 0. The van der Waals surface area contributed by atoms with Crippen molar-refractivity contribution in [2.75, 3.05) is 7.05 Å². The van der Waals surface area contributed by atoms with Crippen LogP contribution in [0.25, 0.3) is 10.2 Å². The van der Waals surface area contributed by atoms with Gasteiger partial charge in [0, 0.05) is 18.5 Å². The van der Waals surface area contributed by atoms with Crippen molar-refractivity contribution in [2.45, 2.75) is 40.0 Å². The molecular weight excluding hydrogens is 390 g/mol. The summed E-state index contributed by atoms with van der Waals surface area (Å²) in [4.78, 5) is 44.9. The molecule has 1 amide bonds. The van der Waals surface area contributed by atoms with E-state index in [9.17, 15) is 14.4 Å². The van der Waals surface area contributed by atoms with E-state index in [1.165, 1.54) is 34.1 Å². The Kier molecular flexibility index (Phi) is 6.12. The Hall–Kier alpha value is -3.00. The molecule has 29 heavy (non-hydrogen) atoms. The number of hydrogen-bond acceptors (Lipinski definition) is 6. The molecule has 0 radical (unpaired) electrons. The third-order valence-corrected chi connectivity index (χ3v) is 5.87. The minimum Gasteiger partial charge on any atom is -0.451 e. The minimum atomic E-state index is -0.950. The molecule has 3 rings (SSSR count). The quantitative estimate of drug-likeness (QED) is 0.581. The van der Waals surface area contributed by atoms with Gasteiger partial charge in [0.15, 0.2) is 6.10 Å². The highest BCUT2D eigenvalue weighted by molar-refractivity contribution is 7.18. The van der Waals surface area contributed by atoms with Gasteiger partial charge in [-0.25, -0.2) is 4.98 Å². The number of benzene rings is 1. The Morgan fingerprint density at radius 3 is 2.62 bits per heavy atom. The van der Waals surface area contributed by atoms with E-state index in [0.717, 1.165) is 16.0 Å². The van der Waals surface area contributed by atoms with E-state index in [-0.39, 0.29) is 18.0 Å². The summed E-state index contributed by atoms with van der Waals surface area (Å²) in [6, 6.07) is 9.55. The van der Waals surface area contributed by atoms with E-state index < -0.39 is 12.1 Å². The summed E-state index contributed by atoms with van der Waals surface area (Å²) in [5, 5.41) is 0.523. The van der Waals surface area contributed by atoms with E-state index in [4.69, 9.17) is 4.74 Å². The molecule has 0 unspecified atom stereocenters. The molecule has 2 heterocycles. The van der Waals surface area contributed by atoms with Crippen LogP contribution in [0.1, 0.15) is 22.9 Å². The Labute approximate surface area is 172 Å². The van der Waals surface area contributed by atoms with Crippen molar-refractivity contribution in [3.05, 3.63) is 63.0 Å². The number of amides is 1. The van der Waals surface area contributed by atoms with E-state index in [0.29, 0.717) is 16.8 Å². The van der Waals surface area contributed by atoms with Crippen molar-refractivity contribution < 1.29 is 14.3 Å². The first kappa shape index (κ1) is 20.7. The number of thiophene rings is 1. The highest BCUT2D eigenvalue weighted by Gasteiger charge is 2.22. The fourth-order valence-corrected chi connectivity index (χ4v) is 4.04. The third kappa shape index (κ3) is 4.54. The van der Waals surface area contributed by atoms with Gasteiger partial charge in [0.05, 0.1) is 11.7 Å². The molecule has 0 bridgehead atoms. The molecule has 152 valence electrons. The largest absolute Gasteiger partial charge is 0.451 e. The number of nitrogens with zero attached hydrogens (tertiary/aromatic N) is 3. The van der Waals surface area contributed by atoms with Crippen molar-refractivity contribution >= 4 is 33.4 Å². The Morgan fingerprint density at radius 1 is 1.24 bits per heavy atom. The van der Waals surface area contributed by atoms with Crippen LogP contribution in [0.2, 0.25) is 0 Å².